The quantitative estimate of drug-likeness (QED) is 0.523. The molecule has 1 fully saturated rings. The fourth-order valence-electron chi connectivity index (χ4n) is 2.05. The van der Waals surface area contributed by atoms with Crippen molar-refractivity contribution in [2.75, 3.05) is 40.1 Å². The minimum atomic E-state index is 0.346. The molecule has 3 nitrogen and oxygen atoms in total. The van der Waals surface area contributed by atoms with Crippen LogP contribution in [0.4, 0.5) is 0 Å². The van der Waals surface area contributed by atoms with E-state index in [1.165, 1.54) is 38.5 Å². The Labute approximate surface area is 106 Å². The molecule has 0 aromatic heterocycles. The maximum Gasteiger partial charge on any atom is 0.0566 e. The summed E-state index contributed by atoms with van der Waals surface area (Å²) in [6.07, 6.45) is 7.40. The molecule has 1 aliphatic heterocycles. The van der Waals surface area contributed by atoms with Gasteiger partial charge in [-0.05, 0) is 19.3 Å². The van der Waals surface area contributed by atoms with Crippen LogP contribution in [0, 0.1) is 5.41 Å². The van der Waals surface area contributed by atoms with E-state index in [1.807, 2.05) is 0 Å². The van der Waals surface area contributed by atoms with Crippen LogP contribution in [0.5, 0.6) is 0 Å². The first kappa shape index (κ1) is 14.9. The van der Waals surface area contributed by atoms with Crippen molar-refractivity contribution in [2.45, 2.75) is 45.4 Å². The first-order chi connectivity index (χ1) is 8.33. The molecule has 1 rings (SSSR count). The molecule has 17 heavy (non-hydrogen) atoms. The highest BCUT2D eigenvalue weighted by molar-refractivity contribution is 4.83. The van der Waals surface area contributed by atoms with Crippen LogP contribution >= 0.6 is 0 Å². The smallest absolute Gasteiger partial charge is 0.0566 e. The number of hydrogen-bond acceptors (Lipinski definition) is 3. The van der Waals surface area contributed by atoms with E-state index in [0.29, 0.717) is 5.41 Å². The van der Waals surface area contributed by atoms with Crippen LogP contribution in [0.3, 0.4) is 0 Å². The van der Waals surface area contributed by atoms with Gasteiger partial charge in [0.25, 0.3) is 0 Å². The summed E-state index contributed by atoms with van der Waals surface area (Å²) in [5, 5.41) is 0. The van der Waals surface area contributed by atoms with Crippen LogP contribution in [0.2, 0.25) is 0 Å². The van der Waals surface area contributed by atoms with Crippen LogP contribution in [0.15, 0.2) is 0 Å². The van der Waals surface area contributed by atoms with Gasteiger partial charge in [0.2, 0.25) is 0 Å². The van der Waals surface area contributed by atoms with Gasteiger partial charge in [-0.3, -0.25) is 0 Å². The minimum Gasteiger partial charge on any atom is -0.385 e. The van der Waals surface area contributed by atoms with Crippen molar-refractivity contribution >= 4 is 0 Å². The van der Waals surface area contributed by atoms with Gasteiger partial charge in [-0.25, -0.2) is 0 Å². The van der Waals surface area contributed by atoms with Crippen LogP contribution in [0.1, 0.15) is 45.4 Å². The standard InChI is InChI=1S/C14H28O3/c1-3-14(12-17-13-14)11-16-10-8-6-4-5-7-9-15-2/h3-13H2,1-2H3. The molecule has 1 heterocycles. The molecule has 0 unspecified atom stereocenters. The van der Waals surface area contributed by atoms with Gasteiger partial charge in [-0.15, -0.1) is 0 Å². The molecule has 0 saturated carbocycles. The van der Waals surface area contributed by atoms with Crippen LogP contribution < -0.4 is 0 Å². The van der Waals surface area contributed by atoms with E-state index in [0.717, 1.165) is 33.0 Å². The second kappa shape index (κ2) is 8.90. The summed E-state index contributed by atoms with van der Waals surface area (Å²) in [4.78, 5) is 0. The number of ether oxygens (including phenoxy) is 3. The summed E-state index contributed by atoms with van der Waals surface area (Å²) in [5.74, 6) is 0. The molecule has 0 bridgehead atoms. The minimum absolute atomic E-state index is 0.346. The fraction of sp³-hybridized carbons (Fsp3) is 1.00. The van der Waals surface area contributed by atoms with Crippen LogP contribution in [0.25, 0.3) is 0 Å². The maximum absolute atomic E-state index is 5.75. The van der Waals surface area contributed by atoms with E-state index in [9.17, 15) is 0 Å². The lowest BCUT2D eigenvalue weighted by molar-refractivity contribution is -0.150. The topological polar surface area (TPSA) is 27.7 Å². The molecular weight excluding hydrogens is 216 g/mol. The van der Waals surface area contributed by atoms with E-state index in [-0.39, 0.29) is 0 Å². The summed E-state index contributed by atoms with van der Waals surface area (Å²) in [6, 6.07) is 0. The second-order valence-corrected chi connectivity index (χ2v) is 5.16. The van der Waals surface area contributed by atoms with E-state index >= 15 is 0 Å². The Morgan fingerprint density at radius 2 is 1.65 bits per heavy atom. The van der Waals surface area contributed by atoms with Crippen molar-refractivity contribution < 1.29 is 14.2 Å². The molecule has 1 aliphatic rings. The first-order valence-corrected chi connectivity index (χ1v) is 6.97. The predicted octanol–water partition coefficient (Wildman–Crippen LogP) is 3.03. The zero-order valence-corrected chi connectivity index (χ0v) is 11.5. The van der Waals surface area contributed by atoms with E-state index in [1.54, 1.807) is 7.11 Å². The van der Waals surface area contributed by atoms with Gasteiger partial charge in [0.15, 0.2) is 0 Å². The average molecular weight is 244 g/mol. The van der Waals surface area contributed by atoms with Crippen molar-refractivity contribution in [3.8, 4) is 0 Å². The first-order valence-electron chi connectivity index (χ1n) is 6.97. The van der Waals surface area contributed by atoms with E-state index in [4.69, 9.17) is 14.2 Å². The molecule has 0 amide bonds. The lowest BCUT2D eigenvalue weighted by Gasteiger charge is -2.40. The van der Waals surface area contributed by atoms with Crippen molar-refractivity contribution in [3.63, 3.8) is 0 Å². The third kappa shape index (κ3) is 5.84. The summed E-state index contributed by atoms with van der Waals surface area (Å²) >= 11 is 0. The Bertz CT molecular complexity index is 173. The summed E-state index contributed by atoms with van der Waals surface area (Å²) in [5.41, 5.74) is 0.346. The monoisotopic (exact) mass is 244 g/mol. The highest BCUT2D eigenvalue weighted by atomic mass is 16.5. The number of methoxy groups -OCH3 is 1. The van der Waals surface area contributed by atoms with Gasteiger partial charge >= 0.3 is 0 Å². The fourth-order valence-corrected chi connectivity index (χ4v) is 2.05. The van der Waals surface area contributed by atoms with Gasteiger partial charge in [-0.2, -0.15) is 0 Å². The van der Waals surface area contributed by atoms with E-state index < -0.39 is 0 Å². The number of unbranched alkanes of at least 4 members (excludes halogenated alkanes) is 4. The molecule has 3 heteroatoms. The summed E-state index contributed by atoms with van der Waals surface area (Å²) < 4.78 is 16.0. The van der Waals surface area contributed by atoms with Crippen molar-refractivity contribution in [2.24, 2.45) is 5.41 Å². The normalized spacial score (nSPS) is 18.0. The molecule has 102 valence electrons. The summed E-state index contributed by atoms with van der Waals surface area (Å²) in [7, 11) is 1.77. The zero-order valence-electron chi connectivity index (χ0n) is 11.5. The lowest BCUT2D eigenvalue weighted by Crippen LogP contribution is -2.45. The number of rotatable bonds is 11. The molecule has 0 spiro atoms. The molecule has 0 aromatic rings. The van der Waals surface area contributed by atoms with Crippen molar-refractivity contribution in [1.29, 1.82) is 0 Å². The molecule has 0 N–H and O–H groups in total. The Kier molecular flexibility index (Phi) is 7.82. The second-order valence-electron chi connectivity index (χ2n) is 5.16. The predicted molar refractivity (Wildman–Crippen MR) is 69.3 cm³/mol. The maximum atomic E-state index is 5.75. The van der Waals surface area contributed by atoms with Gasteiger partial charge in [-0.1, -0.05) is 26.2 Å². The Hall–Kier alpha value is -0.120. The molecule has 0 aromatic carbocycles. The van der Waals surface area contributed by atoms with Crippen molar-refractivity contribution in [1.82, 2.24) is 0 Å². The van der Waals surface area contributed by atoms with Gasteiger partial charge in [0, 0.05) is 25.7 Å². The highest BCUT2D eigenvalue weighted by Crippen LogP contribution is 2.31. The molecule has 0 radical (unpaired) electrons. The molecule has 1 saturated heterocycles. The highest BCUT2D eigenvalue weighted by Gasteiger charge is 2.36. The van der Waals surface area contributed by atoms with Crippen LogP contribution in [-0.2, 0) is 14.2 Å². The van der Waals surface area contributed by atoms with Crippen molar-refractivity contribution in [3.05, 3.63) is 0 Å². The van der Waals surface area contributed by atoms with E-state index in [2.05, 4.69) is 6.92 Å². The third-order valence-corrected chi connectivity index (χ3v) is 3.61. The zero-order chi connectivity index (χ0) is 12.4. The Morgan fingerprint density at radius 3 is 2.18 bits per heavy atom. The third-order valence-electron chi connectivity index (χ3n) is 3.61. The van der Waals surface area contributed by atoms with Gasteiger partial charge < -0.3 is 14.2 Å². The average Bonchev–Trinajstić information content (AvgIpc) is 2.30. The number of hydrogen-bond donors (Lipinski definition) is 0. The van der Waals surface area contributed by atoms with Gasteiger partial charge in [0.05, 0.1) is 19.8 Å². The largest absolute Gasteiger partial charge is 0.385 e. The Morgan fingerprint density at radius 1 is 1.00 bits per heavy atom. The van der Waals surface area contributed by atoms with Gasteiger partial charge in [0.1, 0.15) is 0 Å². The Balaban J connectivity index is 1.81. The molecular formula is C14H28O3. The lowest BCUT2D eigenvalue weighted by atomic mass is 9.84. The molecule has 0 aliphatic carbocycles. The summed E-state index contributed by atoms with van der Waals surface area (Å²) in [6.45, 7) is 6.69. The van der Waals surface area contributed by atoms with Crippen LogP contribution in [-0.4, -0.2) is 40.1 Å². The molecule has 0 atom stereocenters. The SMILES string of the molecule is CCC1(COCCCCCCCOC)COC1.